The zero-order valence-corrected chi connectivity index (χ0v) is 10.0. The van der Waals surface area contributed by atoms with E-state index in [4.69, 9.17) is 0 Å². The molecule has 0 aromatic heterocycles. The fourth-order valence-electron chi connectivity index (χ4n) is 1.55. The molecule has 1 heteroatoms. The monoisotopic (exact) mass is 249 g/mol. The summed E-state index contributed by atoms with van der Waals surface area (Å²) in [4.78, 5) is 0. The first-order valence-electron chi connectivity index (χ1n) is 5.30. The number of hydrogen-bond acceptors (Lipinski definition) is 0. The van der Waals surface area contributed by atoms with Gasteiger partial charge in [0.2, 0.25) is 0 Å². The van der Waals surface area contributed by atoms with Crippen molar-refractivity contribution < 1.29 is 16.0 Å². The van der Waals surface area contributed by atoms with Gasteiger partial charge < -0.3 is 0 Å². The van der Waals surface area contributed by atoms with Crippen molar-refractivity contribution in [2.45, 2.75) is 6.42 Å². The minimum atomic E-state index is 1.06. The number of rotatable bonds is 0. The van der Waals surface area contributed by atoms with Gasteiger partial charge >= 0.3 is 45.1 Å². The van der Waals surface area contributed by atoms with E-state index in [9.17, 15) is 0 Å². The van der Waals surface area contributed by atoms with Crippen LogP contribution in [-0.4, -0.2) is 0 Å². The average Bonchev–Trinajstić information content (AvgIpc) is 2.81. The molecule has 1 aliphatic carbocycles. The van der Waals surface area contributed by atoms with Crippen molar-refractivity contribution >= 4 is 10.8 Å². The molecule has 81 valence electrons. The topological polar surface area (TPSA) is 0 Å². The maximum Gasteiger partial charge on any atom is -0.0184 e. The third-order valence-corrected chi connectivity index (χ3v) is 2.79. The van der Waals surface area contributed by atoms with E-state index in [2.05, 4.69) is 70.6 Å². The van der Waals surface area contributed by atoms with Crippen LogP contribution in [0.2, 0.25) is 0 Å². The molecule has 0 amide bonds. The van der Waals surface area contributed by atoms with Crippen LogP contribution < -0.4 is 0 Å². The molecule has 0 heterocycles. The van der Waals surface area contributed by atoms with Gasteiger partial charge in [-0.2, -0.15) is 0 Å². The van der Waals surface area contributed by atoms with Crippen molar-refractivity contribution in [1.82, 2.24) is 0 Å². The molecule has 0 bridgehead atoms. The Morgan fingerprint density at radius 1 is 0.812 bits per heavy atom. The molecule has 0 saturated carbocycles. The molecule has 2 aromatic carbocycles. The number of allylic oxidation sites excluding steroid dienone is 4. The largest absolute Gasteiger partial charge is 0.0616 e. The van der Waals surface area contributed by atoms with Gasteiger partial charge in [0.1, 0.15) is 0 Å². The zero-order chi connectivity index (χ0) is 11.2. The summed E-state index contributed by atoms with van der Waals surface area (Å²) in [5.41, 5.74) is 0. The van der Waals surface area contributed by atoms with Crippen LogP contribution in [0.3, 0.4) is 0 Å². The van der Waals surface area contributed by atoms with Crippen LogP contribution >= 0.6 is 0 Å². The predicted octanol–water partition coefficient (Wildman–Crippen LogP) is 4.22. The molecule has 0 N–H and O–H groups in total. The zero-order valence-electron chi connectivity index (χ0n) is 8.91. The first kappa shape index (κ1) is 11.2. The van der Waals surface area contributed by atoms with Crippen molar-refractivity contribution in [3.05, 3.63) is 71.2 Å². The van der Waals surface area contributed by atoms with E-state index in [0.717, 1.165) is 6.42 Å². The van der Waals surface area contributed by atoms with Gasteiger partial charge in [-0.15, -0.1) is 0 Å². The number of hydrogen-bond donors (Lipinski definition) is 0. The normalized spacial score (nSPS) is 13.2. The van der Waals surface area contributed by atoms with Gasteiger partial charge in [0, 0.05) is 0 Å². The van der Waals surface area contributed by atoms with Gasteiger partial charge in [-0.05, 0) is 10.8 Å². The van der Waals surface area contributed by atoms with Gasteiger partial charge in [0.15, 0.2) is 0 Å². The first-order valence-corrected chi connectivity index (χ1v) is 5.85. The standard InChI is InChI=1S/C10H8.C5H5.Fe/c1-2-6-10-8-4-3-7-9(10)5-1;1-2-4-5-3-1;/h1-8H;1-3H,4H2;. The van der Waals surface area contributed by atoms with Crippen LogP contribution in [0.15, 0.2) is 71.2 Å². The van der Waals surface area contributed by atoms with Gasteiger partial charge in [-0.3, -0.25) is 0 Å². The van der Waals surface area contributed by atoms with E-state index in [-0.39, 0.29) is 0 Å². The summed E-state index contributed by atoms with van der Waals surface area (Å²) in [6.45, 7) is 0. The minimum absolute atomic E-state index is 1.06. The second kappa shape index (κ2) is 5.69. The van der Waals surface area contributed by atoms with Gasteiger partial charge in [0.25, 0.3) is 0 Å². The van der Waals surface area contributed by atoms with Gasteiger partial charge in [-0.1, -0.05) is 48.5 Å². The van der Waals surface area contributed by atoms with E-state index in [1.807, 2.05) is 12.2 Å². The van der Waals surface area contributed by atoms with Crippen LogP contribution in [0.4, 0.5) is 0 Å². The van der Waals surface area contributed by atoms with E-state index in [1.165, 1.54) is 15.2 Å². The quantitative estimate of drug-likeness (QED) is 0.613. The Morgan fingerprint density at radius 3 is 1.56 bits per heavy atom. The second-order valence-corrected chi connectivity index (χ2v) is 4.29. The summed E-state index contributed by atoms with van der Waals surface area (Å²) in [5, 5.41) is 2.62. The van der Waals surface area contributed by atoms with Crippen LogP contribution in [-0.2, 0) is 16.0 Å². The van der Waals surface area contributed by atoms with Crippen molar-refractivity contribution in [3.8, 4) is 0 Å². The summed E-state index contributed by atoms with van der Waals surface area (Å²) in [5.74, 6) is 0. The van der Waals surface area contributed by atoms with Crippen LogP contribution in [0.1, 0.15) is 6.42 Å². The fourth-order valence-corrected chi connectivity index (χ4v) is 1.79. The smallest absolute Gasteiger partial charge is 0.0184 e. The Balaban J connectivity index is 0.000000138. The fraction of sp³-hybridized carbons (Fsp3) is 0.0667. The van der Waals surface area contributed by atoms with Crippen molar-refractivity contribution in [1.29, 1.82) is 0 Å². The molecule has 0 nitrogen and oxygen atoms in total. The maximum atomic E-state index is 3.74. The molecular weight excluding hydrogens is 236 g/mol. The summed E-state index contributed by atoms with van der Waals surface area (Å²) >= 11 is 3.74. The molecular formula is C15H13Fe. The van der Waals surface area contributed by atoms with E-state index < -0.39 is 0 Å². The third-order valence-electron chi connectivity index (χ3n) is 2.38. The average molecular weight is 249 g/mol. The number of fused-ring (bicyclic) bond motifs is 1. The molecule has 0 aliphatic heterocycles. The molecule has 0 spiro atoms. The van der Waals surface area contributed by atoms with Crippen LogP contribution in [0, 0.1) is 0 Å². The van der Waals surface area contributed by atoms with Gasteiger partial charge in [-0.25, -0.2) is 0 Å². The van der Waals surface area contributed by atoms with Crippen LogP contribution in [0.25, 0.3) is 10.8 Å². The second-order valence-electron chi connectivity index (χ2n) is 3.58. The predicted molar refractivity (Wildman–Crippen MR) is 65.8 cm³/mol. The summed E-state index contributed by atoms with van der Waals surface area (Å²) in [6.07, 6.45) is 7.21. The minimum Gasteiger partial charge on any atom is -0.0616 e. The maximum absolute atomic E-state index is 3.74. The summed E-state index contributed by atoms with van der Waals surface area (Å²) in [6, 6.07) is 16.7. The first-order chi connectivity index (χ1) is 7.86. The molecule has 0 radical (unpaired) electrons. The molecule has 1 aliphatic rings. The Kier molecular flexibility index (Phi) is 3.98. The van der Waals surface area contributed by atoms with Gasteiger partial charge in [0.05, 0.1) is 0 Å². The van der Waals surface area contributed by atoms with Crippen molar-refractivity contribution in [3.63, 3.8) is 0 Å². The molecule has 16 heavy (non-hydrogen) atoms. The Hall–Kier alpha value is -1.30. The summed E-state index contributed by atoms with van der Waals surface area (Å²) < 4.78 is 1.22. The van der Waals surface area contributed by atoms with Crippen molar-refractivity contribution in [2.75, 3.05) is 0 Å². The van der Waals surface area contributed by atoms with Crippen LogP contribution in [0.5, 0.6) is 0 Å². The molecule has 0 unspecified atom stereocenters. The Bertz CT molecular complexity index is 458. The third kappa shape index (κ3) is 3.09. The Labute approximate surface area is 104 Å². The van der Waals surface area contributed by atoms with Crippen molar-refractivity contribution in [2.24, 2.45) is 0 Å². The SMILES string of the molecule is [Fe][C]1=CC=CC1.c1ccc2ccccc2c1. The summed E-state index contributed by atoms with van der Waals surface area (Å²) in [7, 11) is 0. The van der Waals surface area contributed by atoms with E-state index >= 15 is 0 Å². The molecule has 0 atom stereocenters. The molecule has 0 fully saturated rings. The molecule has 3 rings (SSSR count). The number of benzene rings is 2. The van der Waals surface area contributed by atoms with E-state index in [1.54, 1.807) is 0 Å². The van der Waals surface area contributed by atoms with E-state index in [0.29, 0.717) is 0 Å². The molecule has 2 aromatic rings. The Morgan fingerprint density at radius 2 is 1.31 bits per heavy atom. The molecule has 0 saturated heterocycles.